The highest BCUT2D eigenvalue weighted by Gasteiger charge is 2.51. The third-order valence-electron chi connectivity index (χ3n) is 4.16. The number of methoxy groups -OCH3 is 2. The molecule has 3 nitrogen and oxygen atoms in total. The number of carbonyl (C=O) groups is 1. The SMILES string of the molecule is COc1ccc(C(=O)C2(c3ccccc3)CC2)cc1OC. The highest BCUT2D eigenvalue weighted by Crippen LogP contribution is 2.50. The van der Waals surface area contributed by atoms with Crippen LogP contribution in [-0.2, 0) is 5.41 Å². The summed E-state index contributed by atoms with van der Waals surface area (Å²) >= 11 is 0. The maximum Gasteiger partial charge on any atom is 0.173 e. The van der Waals surface area contributed by atoms with Crippen molar-refractivity contribution in [3.8, 4) is 11.5 Å². The number of Topliss-reactive ketones (excluding diaryl/α,β-unsaturated/α-hetero) is 1. The maximum absolute atomic E-state index is 12.9. The Morgan fingerprint density at radius 3 is 2.19 bits per heavy atom. The van der Waals surface area contributed by atoms with Gasteiger partial charge < -0.3 is 9.47 Å². The van der Waals surface area contributed by atoms with Gasteiger partial charge in [0.15, 0.2) is 17.3 Å². The van der Waals surface area contributed by atoms with Gasteiger partial charge in [0, 0.05) is 5.56 Å². The second-order valence-corrected chi connectivity index (χ2v) is 5.35. The molecule has 3 rings (SSSR count). The van der Waals surface area contributed by atoms with Crippen LogP contribution in [0.1, 0.15) is 28.8 Å². The Bertz CT molecular complexity index is 657. The molecule has 0 heterocycles. The second-order valence-electron chi connectivity index (χ2n) is 5.35. The van der Waals surface area contributed by atoms with E-state index < -0.39 is 0 Å². The second kappa shape index (κ2) is 5.24. The van der Waals surface area contributed by atoms with Gasteiger partial charge in [-0.3, -0.25) is 4.79 Å². The van der Waals surface area contributed by atoms with Crippen molar-refractivity contribution >= 4 is 5.78 Å². The number of carbonyl (C=O) groups excluding carboxylic acids is 1. The lowest BCUT2D eigenvalue weighted by molar-refractivity contribution is 0.0945. The van der Waals surface area contributed by atoms with Gasteiger partial charge in [-0.15, -0.1) is 0 Å². The lowest BCUT2D eigenvalue weighted by Crippen LogP contribution is -2.20. The molecule has 2 aromatic carbocycles. The van der Waals surface area contributed by atoms with E-state index in [0.717, 1.165) is 18.4 Å². The molecule has 0 amide bonds. The summed E-state index contributed by atoms with van der Waals surface area (Å²) in [6, 6.07) is 15.4. The lowest BCUT2D eigenvalue weighted by Gasteiger charge is -2.16. The molecule has 0 unspecified atom stereocenters. The minimum Gasteiger partial charge on any atom is -0.493 e. The Hall–Kier alpha value is -2.29. The zero-order valence-corrected chi connectivity index (χ0v) is 12.3. The molecule has 0 spiro atoms. The van der Waals surface area contributed by atoms with Gasteiger partial charge in [-0.25, -0.2) is 0 Å². The van der Waals surface area contributed by atoms with Crippen molar-refractivity contribution < 1.29 is 14.3 Å². The highest BCUT2D eigenvalue weighted by molar-refractivity contribution is 6.06. The number of hydrogen-bond acceptors (Lipinski definition) is 3. The summed E-state index contributed by atoms with van der Waals surface area (Å²) in [6.07, 6.45) is 1.81. The van der Waals surface area contributed by atoms with Gasteiger partial charge in [0.2, 0.25) is 0 Å². The van der Waals surface area contributed by atoms with E-state index in [0.29, 0.717) is 17.1 Å². The first-order valence-electron chi connectivity index (χ1n) is 7.03. The number of ether oxygens (including phenoxy) is 2. The predicted molar refractivity (Wildman–Crippen MR) is 81.2 cm³/mol. The number of hydrogen-bond donors (Lipinski definition) is 0. The van der Waals surface area contributed by atoms with Gasteiger partial charge in [0.25, 0.3) is 0 Å². The van der Waals surface area contributed by atoms with E-state index in [1.807, 2.05) is 36.4 Å². The summed E-state index contributed by atoms with van der Waals surface area (Å²) in [4.78, 5) is 12.9. The van der Waals surface area contributed by atoms with E-state index in [4.69, 9.17) is 9.47 Å². The van der Waals surface area contributed by atoms with Crippen molar-refractivity contribution in [3.05, 3.63) is 59.7 Å². The van der Waals surface area contributed by atoms with Crippen molar-refractivity contribution in [3.63, 3.8) is 0 Å². The van der Waals surface area contributed by atoms with Crippen LogP contribution in [0, 0.1) is 0 Å². The quantitative estimate of drug-likeness (QED) is 0.786. The van der Waals surface area contributed by atoms with Gasteiger partial charge in [-0.1, -0.05) is 30.3 Å². The first kappa shape index (κ1) is 13.7. The number of benzene rings is 2. The van der Waals surface area contributed by atoms with Crippen LogP contribution in [0.2, 0.25) is 0 Å². The average molecular weight is 282 g/mol. The molecule has 0 N–H and O–H groups in total. The van der Waals surface area contributed by atoms with Crippen LogP contribution in [0.25, 0.3) is 0 Å². The minimum absolute atomic E-state index is 0.162. The molecule has 0 saturated heterocycles. The summed E-state index contributed by atoms with van der Waals surface area (Å²) in [7, 11) is 3.17. The fourth-order valence-electron chi connectivity index (χ4n) is 2.78. The molecule has 1 aliphatic rings. The van der Waals surface area contributed by atoms with Gasteiger partial charge >= 0.3 is 0 Å². The van der Waals surface area contributed by atoms with E-state index >= 15 is 0 Å². The van der Waals surface area contributed by atoms with E-state index in [1.54, 1.807) is 26.4 Å². The molecule has 2 aromatic rings. The first-order valence-corrected chi connectivity index (χ1v) is 7.03. The minimum atomic E-state index is -0.346. The summed E-state index contributed by atoms with van der Waals surface area (Å²) in [5.41, 5.74) is 1.43. The van der Waals surface area contributed by atoms with E-state index in [1.165, 1.54) is 0 Å². The predicted octanol–water partition coefficient (Wildman–Crippen LogP) is 3.62. The van der Waals surface area contributed by atoms with Crippen LogP contribution >= 0.6 is 0 Å². The molecule has 1 aliphatic carbocycles. The van der Waals surface area contributed by atoms with Crippen LogP contribution in [0.15, 0.2) is 48.5 Å². The molecular weight excluding hydrogens is 264 g/mol. The van der Waals surface area contributed by atoms with E-state index in [2.05, 4.69) is 0 Å². The van der Waals surface area contributed by atoms with Crippen molar-refractivity contribution in [1.82, 2.24) is 0 Å². The third-order valence-corrected chi connectivity index (χ3v) is 4.16. The molecular formula is C18H18O3. The van der Waals surface area contributed by atoms with Gasteiger partial charge in [0.05, 0.1) is 19.6 Å². The highest BCUT2D eigenvalue weighted by atomic mass is 16.5. The standard InChI is InChI=1S/C18H18O3/c1-20-15-9-8-13(12-16(15)21-2)17(19)18(10-11-18)14-6-4-3-5-7-14/h3-9,12H,10-11H2,1-2H3. The maximum atomic E-state index is 12.9. The molecule has 0 aromatic heterocycles. The molecule has 0 radical (unpaired) electrons. The zero-order valence-electron chi connectivity index (χ0n) is 12.3. The Kier molecular flexibility index (Phi) is 3.42. The molecule has 1 fully saturated rings. The molecule has 0 aliphatic heterocycles. The van der Waals surface area contributed by atoms with Gasteiger partial charge in [0.1, 0.15) is 0 Å². The van der Waals surface area contributed by atoms with Crippen molar-refractivity contribution in [2.45, 2.75) is 18.3 Å². The molecule has 1 saturated carbocycles. The van der Waals surface area contributed by atoms with Crippen LogP contribution in [-0.4, -0.2) is 20.0 Å². The first-order chi connectivity index (χ1) is 10.2. The molecule has 108 valence electrons. The monoisotopic (exact) mass is 282 g/mol. The zero-order chi connectivity index (χ0) is 14.9. The summed E-state index contributed by atoms with van der Waals surface area (Å²) in [5.74, 6) is 1.39. The van der Waals surface area contributed by atoms with E-state index in [9.17, 15) is 4.79 Å². The Balaban J connectivity index is 1.96. The molecule has 0 atom stereocenters. The normalized spacial score (nSPS) is 15.3. The fraction of sp³-hybridized carbons (Fsp3) is 0.278. The number of ketones is 1. The molecule has 21 heavy (non-hydrogen) atoms. The Morgan fingerprint density at radius 2 is 1.62 bits per heavy atom. The van der Waals surface area contributed by atoms with Gasteiger partial charge in [-0.05, 0) is 36.6 Å². The summed E-state index contributed by atoms with van der Waals surface area (Å²) in [5, 5.41) is 0. The van der Waals surface area contributed by atoms with Crippen LogP contribution in [0.5, 0.6) is 11.5 Å². The average Bonchev–Trinajstić information content (AvgIpc) is 3.36. The van der Waals surface area contributed by atoms with Crippen molar-refractivity contribution in [1.29, 1.82) is 0 Å². The third kappa shape index (κ3) is 2.29. The van der Waals surface area contributed by atoms with Crippen LogP contribution < -0.4 is 9.47 Å². The van der Waals surface area contributed by atoms with Crippen molar-refractivity contribution in [2.24, 2.45) is 0 Å². The largest absolute Gasteiger partial charge is 0.493 e. The summed E-state index contributed by atoms with van der Waals surface area (Å²) < 4.78 is 10.5. The smallest absolute Gasteiger partial charge is 0.173 e. The topological polar surface area (TPSA) is 35.5 Å². The molecule has 3 heteroatoms. The van der Waals surface area contributed by atoms with Crippen LogP contribution in [0.3, 0.4) is 0 Å². The van der Waals surface area contributed by atoms with Gasteiger partial charge in [-0.2, -0.15) is 0 Å². The fourth-order valence-corrected chi connectivity index (χ4v) is 2.78. The van der Waals surface area contributed by atoms with Crippen molar-refractivity contribution in [2.75, 3.05) is 14.2 Å². The lowest BCUT2D eigenvalue weighted by atomic mass is 9.87. The Labute approximate surface area is 124 Å². The summed E-state index contributed by atoms with van der Waals surface area (Å²) in [6.45, 7) is 0. The molecule has 0 bridgehead atoms. The van der Waals surface area contributed by atoms with E-state index in [-0.39, 0.29) is 11.2 Å². The van der Waals surface area contributed by atoms with Crippen LogP contribution in [0.4, 0.5) is 0 Å². The number of rotatable bonds is 5. The Morgan fingerprint density at radius 1 is 0.952 bits per heavy atom.